The molecule has 0 aromatic rings. The molecule has 11 heavy (non-hydrogen) atoms. The van der Waals surface area contributed by atoms with Gasteiger partial charge in [-0.25, -0.2) is 4.89 Å². The summed E-state index contributed by atoms with van der Waals surface area (Å²) in [6, 6.07) is 0. The summed E-state index contributed by atoms with van der Waals surface area (Å²) in [7, 11) is 1.73. The normalized spacial score (nSPS) is 24.0. The summed E-state index contributed by atoms with van der Waals surface area (Å²) in [4.78, 5) is 4.91. The zero-order chi connectivity index (χ0) is 7.78. The van der Waals surface area contributed by atoms with Gasteiger partial charge in [-0.1, -0.05) is 30.1 Å². The molecule has 66 valence electrons. The van der Waals surface area contributed by atoms with Crippen LogP contribution in [-0.4, -0.2) is 12.4 Å². The third-order valence-corrected chi connectivity index (χ3v) is 3.24. The fourth-order valence-electron chi connectivity index (χ4n) is 0.960. The monoisotopic (exact) mass is 194 g/mol. The minimum Gasteiger partial charge on any atom is -0.224 e. The Morgan fingerprint density at radius 2 is 1.73 bits per heavy atom. The van der Waals surface area contributed by atoms with Crippen LogP contribution in [0.1, 0.15) is 32.1 Å². The van der Waals surface area contributed by atoms with E-state index < -0.39 is 0 Å². The molecule has 0 N–H and O–H groups in total. The molecule has 0 amide bonds. The molecule has 0 aromatic carbocycles. The zero-order valence-corrected chi connectivity index (χ0v) is 8.22. The molecule has 1 aliphatic heterocycles. The Balaban J connectivity index is 2.02. The number of hydrogen-bond acceptors (Lipinski definition) is 4. The maximum absolute atomic E-state index is 4.91. The van der Waals surface area contributed by atoms with Crippen molar-refractivity contribution in [1.82, 2.24) is 0 Å². The van der Waals surface area contributed by atoms with Crippen molar-refractivity contribution in [2.24, 2.45) is 0 Å². The molecule has 0 aliphatic carbocycles. The molecule has 1 aliphatic rings. The van der Waals surface area contributed by atoms with Gasteiger partial charge in [-0.3, -0.25) is 0 Å². The predicted molar refractivity (Wildman–Crippen MR) is 50.2 cm³/mol. The van der Waals surface area contributed by atoms with Crippen molar-refractivity contribution in [3.8, 4) is 0 Å². The summed E-state index contributed by atoms with van der Waals surface area (Å²) in [5.41, 5.74) is 0. The average molecular weight is 194 g/mol. The summed E-state index contributed by atoms with van der Waals surface area (Å²) in [5, 5.41) is 0. The Labute approximate surface area is 75.9 Å². The quantitative estimate of drug-likeness (QED) is 0.335. The van der Waals surface area contributed by atoms with E-state index in [1.165, 1.54) is 42.5 Å². The Morgan fingerprint density at radius 3 is 2.73 bits per heavy atom. The second-order valence-corrected chi connectivity index (χ2v) is 4.58. The van der Waals surface area contributed by atoms with Gasteiger partial charge in [-0.2, -0.15) is 4.33 Å². The first-order valence-electron chi connectivity index (χ1n) is 4.08. The Morgan fingerprint density at radius 1 is 0.909 bits per heavy atom. The first-order chi connectivity index (χ1) is 5.50. The van der Waals surface area contributed by atoms with Crippen molar-refractivity contribution < 1.29 is 9.22 Å². The lowest BCUT2D eigenvalue weighted by Gasteiger charge is -1.98. The van der Waals surface area contributed by atoms with E-state index in [0.717, 1.165) is 13.0 Å². The maximum atomic E-state index is 4.91. The molecular weight excluding hydrogens is 180 g/mol. The Hall–Kier alpha value is 0.620. The molecule has 1 heterocycles. The van der Waals surface area contributed by atoms with E-state index in [1.54, 1.807) is 10.8 Å². The summed E-state index contributed by atoms with van der Waals surface area (Å²) in [6.45, 7) is 0.744. The van der Waals surface area contributed by atoms with Gasteiger partial charge in [-0.05, 0) is 12.8 Å². The second kappa shape index (κ2) is 7.28. The molecule has 0 unspecified atom stereocenters. The van der Waals surface area contributed by atoms with Gasteiger partial charge in [0, 0.05) is 5.75 Å². The van der Waals surface area contributed by atoms with Crippen molar-refractivity contribution in [2.45, 2.75) is 32.1 Å². The van der Waals surface area contributed by atoms with E-state index in [1.807, 2.05) is 0 Å². The molecule has 0 aromatic heterocycles. The smallest absolute Gasteiger partial charge is 0.102 e. The average Bonchev–Trinajstić information content (AvgIpc) is 2.08. The molecule has 1 fully saturated rings. The van der Waals surface area contributed by atoms with Crippen LogP contribution < -0.4 is 0 Å². The highest BCUT2D eigenvalue weighted by molar-refractivity contribution is 8.74. The molecule has 0 saturated carbocycles. The first-order valence-corrected chi connectivity index (χ1v) is 6.32. The van der Waals surface area contributed by atoms with Gasteiger partial charge in [0.05, 0.1) is 6.61 Å². The van der Waals surface area contributed by atoms with Crippen LogP contribution in [0.4, 0.5) is 0 Å². The molecule has 2 nitrogen and oxygen atoms in total. The third-order valence-electron chi connectivity index (χ3n) is 1.58. The van der Waals surface area contributed by atoms with E-state index in [0.29, 0.717) is 0 Å². The third kappa shape index (κ3) is 5.84. The molecular formula is C7H14O2S2. The lowest BCUT2D eigenvalue weighted by Crippen LogP contribution is -1.90. The lowest BCUT2D eigenvalue weighted by molar-refractivity contribution is -0.189. The summed E-state index contributed by atoms with van der Waals surface area (Å²) >= 11 is 1.36. The van der Waals surface area contributed by atoms with Crippen LogP contribution in [0, 0.1) is 0 Å². The predicted octanol–water partition coefficient (Wildman–Crippen LogP) is 3.20. The van der Waals surface area contributed by atoms with E-state index in [9.17, 15) is 0 Å². The fraction of sp³-hybridized carbons (Fsp3) is 1.00. The van der Waals surface area contributed by atoms with Crippen LogP contribution in [-0.2, 0) is 9.22 Å². The van der Waals surface area contributed by atoms with Gasteiger partial charge >= 0.3 is 0 Å². The zero-order valence-electron chi connectivity index (χ0n) is 6.58. The van der Waals surface area contributed by atoms with Crippen molar-refractivity contribution >= 4 is 21.9 Å². The van der Waals surface area contributed by atoms with Gasteiger partial charge in [-0.15, -0.1) is 0 Å². The fourth-order valence-corrected chi connectivity index (χ4v) is 2.29. The first kappa shape index (κ1) is 9.71. The molecule has 1 saturated heterocycles. The maximum Gasteiger partial charge on any atom is 0.102 e. The number of hydrogen-bond donors (Lipinski definition) is 0. The second-order valence-electron chi connectivity index (χ2n) is 2.55. The molecule has 0 spiro atoms. The van der Waals surface area contributed by atoms with Crippen LogP contribution in [0.2, 0.25) is 0 Å². The Kier molecular flexibility index (Phi) is 6.42. The van der Waals surface area contributed by atoms with Gasteiger partial charge in [0.25, 0.3) is 0 Å². The van der Waals surface area contributed by atoms with Crippen molar-refractivity contribution in [2.75, 3.05) is 12.4 Å². The molecule has 0 radical (unpaired) electrons. The highest BCUT2D eigenvalue weighted by Crippen LogP contribution is 2.25. The van der Waals surface area contributed by atoms with Gasteiger partial charge in [0.1, 0.15) is 11.1 Å². The Bertz CT molecular complexity index is 52.5. The van der Waals surface area contributed by atoms with Gasteiger partial charge in [0.2, 0.25) is 0 Å². The van der Waals surface area contributed by atoms with E-state index in [2.05, 4.69) is 0 Å². The van der Waals surface area contributed by atoms with Crippen molar-refractivity contribution in [1.29, 1.82) is 0 Å². The minimum absolute atomic E-state index is 0.744. The van der Waals surface area contributed by atoms with Crippen LogP contribution >= 0.6 is 21.9 Å². The van der Waals surface area contributed by atoms with Crippen LogP contribution in [0.5, 0.6) is 0 Å². The van der Waals surface area contributed by atoms with Crippen LogP contribution in [0.15, 0.2) is 0 Å². The van der Waals surface area contributed by atoms with Gasteiger partial charge < -0.3 is 0 Å². The van der Waals surface area contributed by atoms with Gasteiger partial charge in [0.15, 0.2) is 0 Å². The number of rotatable bonds is 0. The van der Waals surface area contributed by atoms with Crippen LogP contribution in [0.3, 0.4) is 0 Å². The summed E-state index contributed by atoms with van der Waals surface area (Å²) in [5.74, 6) is 1.17. The van der Waals surface area contributed by atoms with Crippen molar-refractivity contribution in [3.63, 3.8) is 0 Å². The SMILES string of the molecule is C1CCCOOSSCCC1. The molecule has 0 bridgehead atoms. The lowest BCUT2D eigenvalue weighted by atomic mass is 10.2. The molecule has 1 rings (SSSR count). The minimum atomic E-state index is 0.744. The molecule has 0 atom stereocenters. The van der Waals surface area contributed by atoms with E-state index in [4.69, 9.17) is 9.22 Å². The highest BCUT2D eigenvalue weighted by Gasteiger charge is 1.97. The standard InChI is InChI=1S/C7H14O2S2/c1-2-4-6-8-9-11-10-7-5-3-1/h1-7H2. The van der Waals surface area contributed by atoms with E-state index >= 15 is 0 Å². The largest absolute Gasteiger partial charge is 0.224 e. The molecule has 4 heteroatoms. The van der Waals surface area contributed by atoms with Crippen molar-refractivity contribution in [3.05, 3.63) is 0 Å². The topological polar surface area (TPSA) is 18.5 Å². The van der Waals surface area contributed by atoms with Crippen LogP contribution in [0.25, 0.3) is 0 Å². The van der Waals surface area contributed by atoms with E-state index in [-0.39, 0.29) is 0 Å². The highest BCUT2D eigenvalue weighted by atomic mass is 33.1. The summed E-state index contributed by atoms with van der Waals surface area (Å²) in [6.07, 6.45) is 6.41. The summed E-state index contributed by atoms with van der Waals surface area (Å²) < 4.78 is 4.85.